The third-order valence-electron chi connectivity index (χ3n) is 3.42. The first-order chi connectivity index (χ1) is 9.69. The number of esters is 1. The molecule has 0 aromatic carbocycles. The third-order valence-corrected chi connectivity index (χ3v) is 3.42. The molecule has 1 aliphatic heterocycles. The maximum absolute atomic E-state index is 11.3. The van der Waals surface area contributed by atoms with Crippen molar-refractivity contribution in [3.8, 4) is 0 Å². The number of nitrogens with zero attached hydrogens (tertiary/aromatic N) is 2. The fourth-order valence-electron chi connectivity index (χ4n) is 2.37. The van der Waals surface area contributed by atoms with Crippen molar-refractivity contribution in [2.75, 3.05) is 39.2 Å². The summed E-state index contributed by atoms with van der Waals surface area (Å²) in [5, 5.41) is 14.5. The van der Waals surface area contributed by atoms with Gasteiger partial charge >= 0.3 is 5.97 Å². The van der Waals surface area contributed by atoms with Crippen molar-refractivity contribution in [1.82, 2.24) is 15.5 Å². The first-order valence-electron chi connectivity index (χ1n) is 6.59. The van der Waals surface area contributed by atoms with Crippen LogP contribution in [0.5, 0.6) is 0 Å². The lowest BCUT2D eigenvalue weighted by Gasteiger charge is -2.29. The molecule has 1 aromatic rings. The Morgan fingerprint density at radius 1 is 1.45 bits per heavy atom. The highest BCUT2D eigenvalue weighted by atomic mass is 16.5. The predicted molar refractivity (Wildman–Crippen MR) is 73.7 cm³/mol. The first-order valence-corrected chi connectivity index (χ1v) is 6.59. The maximum atomic E-state index is 11.3. The summed E-state index contributed by atoms with van der Waals surface area (Å²) in [7, 11) is 3.02. The van der Waals surface area contributed by atoms with Gasteiger partial charge in [0.2, 0.25) is 0 Å². The van der Waals surface area contributed by atoms with Gasteiger partial charge in [-0.1, -0.05) is 0 Å². The van der Waals surface area contributed by atoms with Gasteiger partial charge < -0.3 is 20.1 Å². The molecule has 2 N–H and O–H groups in total. The molecular formula is C13H20N4O3. The highest BCUT2D eigenvalue weighted by Crippen LogP contribution is 2.20. The molecule has 1 atom stereocenters. The van der Waals surface area contributed by atoms with Crippen molar-refractivity contribution in [2.45, 2.75) is 18.4 Å². The Kier molecular flexibility index (Phi) is 4.86. The molecule has 1 aliphatic rings. The molecule has 1 unspecified atom stereocenters. The summed E-state index contributed by atoms with van der Waals surface area (Å²) in [6.07, 6.45) is 2.19. The highest BCUT2D eigenvalue weighted by molar-refractivity contribution is 5.86. The van der Waals surface area contributed by atoms with E-state index in [1.165, 1.54) is 7.11 Å². The summed E-state index contributed by atoms with van der Waals surface area (Å²) in [4.78, 5) is 11.3. The summed E-state index contributed by atoms with van der Waals surface area (Å²) < 4.78 is 9.86. The topological polar surface area (TPSA) is 85.4 Å². The fraction of sp³-hybridized carbons (Fsp3) is 0.615. The van der Waals surface area contributed by atoms with Gasteiger partial charge in [0.25, 0.3) is 0 Å². The second-order valence-electron chi connectivity index (χ2n) is 4.89. The van der Waals surface area contributed by atoms with Crippen molar-refractivity contribution in [1.29, 1.82) is 0 Å². The summed E-state index contributed by atoms with van der Waals surface area (Å²) >= 11 is 0. The predicted octanol–water partition coefficient (Wildman–Crippen LogP) is 0.444. The van der Waals surface area contributed by atoms with E-state index in [2.05, 4.69) is 25.6 Å². The molecule has 0 amide bonds. The summed E-state index contributed by atoms with van der Waals surface area (Å²) in [5.74, 6) is 0.138. The minimum Gasteiger partial charge on any atom is -0.464 e. The lowest BCUT2D eigenvalue weighted by Crippen LogP contribution is -2.49. The molecule has 0 saturated carbocycles. The quantitative estimate of drug-likeness (QED) is 0.731. The zero-order valence-electron chi connectivity index (χ0n) is 11.8. The van der Waals surface area contributed by atoms with E-state index in [9.17, 15) is 4.79 Å². The number of hydrogen-bond acceptors (Lipinski definition) is 7. The molecule has 1 saturated heterocycles. The van der Waals surface area contributed by atoms with Crippen molar-refractivity contribution in [3.05, 3.63) is 17.8 Å². The summed E-state index contributed by atoms with van der Waals surface area (Å²) in [6, 6.07) is 3.31. The van der Waals surface area contributed by atoms with Gasteiger partial charge in [0.05, 0.1) is 19.3 Å². The van der Waals surface area contributed by atoms with Crippen LogP contribution in [0.25, 0.3) is 0 Å². The van der Waals surface area contributed by atoms with Crippen LogP contribution in [-0.4, -0.2) is 55.6 Å². The van der Waals surface area contributed by atoms with Gasteiger partial charge in [-0.25, -0.2) is 4.79 Å². The van der Waals surface area contributed by atoms with Crippen molar-refractivity contribution in [2.24, 2.45) is 0 Å². The van der Waals surface area contributed by atoms with Crippen molar-refractivity contribution < 1.29 is 14.3 Å². The lowest BCUT2D eigenvalue weighted by atomic mass is 9.99. The molecule has 2 heterocycles. The Labute approximate surface area is 118 Å². The van der Waals surface area contributed by atoms with Gasteiger partial charge in [0.15, 0.2) is 5.69 Å². The largest absolute Gasteiger partial charge is 0.464 e. The average Bonchev–Trinajstić information content (AvgIpc) is 2.94. The fourth-order valence-corrected chi connectivity index (χ4v) is 2.37. The van der Waals surface area contributed by atoms with E-state index in [-0.39, 0.29) is 11.2 Å². The van der Waals surface area contributed by atoms with E-state index in [0.29, 0.717) is 19.0 Å². The monoisotopic (exact) mass is 280 g/mol. The molecule has 1 fully saturated rings. The van der Waals surface area contributed by atoms with Crippen molar-refractivity contribution in [3.63, 3.8) is 0 Å². The molecule has 2 rings (SSSR count). The van der Waals surface area contributed by atoms with Crippen LogP contribution in [0.2, 0.25) is 0 Å². The van der Waals surface area contributed by atoms with Gasteiger partial charge in [-0.2, -0.15) is 0 Å². The third kappa shape index (κ3) is 3.43. The van der Waals surface area contributed by atoms with Crippen LogP contribution >= 0.6 is 0 Å². The smallest absolute Gasteiger partial charge is 0.358 e. The first kappa shape index (κ1) is 14.7. The van der Waals surface area contributed by atoms with E-state index < -0.39 is 5.97 Å². The second kappa shape index (κ2) is 6.62. The molecule has 0 radical (unpaired) electrons. The van der Waals surface area contributed by atoms with Crippen LogP contribution in [0.3, 0.4) is 0 Å². The Hall–Kier alpha value is -1.73. The number of anilines is 1. The molecule has 0 spiro atoms. The molecular weight excluding hydrogens is 260 g/mol. The van der Waals surface area contributed by atoms with Crippen LogP contribution in [0.4, 0.5) is 5.82 Å². The van der Waals surface area contributed by atoms with Crippen LogP contribution in [0.1, 0.15) is 23.3 Å². The number of hydrogen-bond donors (Lipinski definition) is 2. The summed E-state index contributed by atoms with van der Waals surface area (Å²) in [5.41, 5.74) is 0.140. The number of methoxy groups -OCH3 is 2. The molecule has 110 valence electrons. The van der Waals surface area contributed by atoms with E-state index in [4.69, 9.17) is 4.74 Å². The number of nitrogens with one attached hydrogen (secondary N) is 2. The minimum absolute atomic E-state index is 0.0581. The SMILES string of the molecule is COCC1(CNc2ccc(C(=O)OC)nn2)CCCN1. The second-order valence-corrected chi connectivity index (χ2v) is 4.89. The van der Waals surface area contributed by atoms with Crippen LogP contribution in [0, 0.1) is 0 Å². The van der Waals surface area contributed by atoms with E-state index in [1.807, 2.05) is 0 Å². The lowest BCUT2D eigenvalue weighted by molar-refractivity contribution is 0.0593. The zero-order chi connectivity index (χ0) is 14.4. The van der Waals surface area contributed by atoms with Crippen LogP contribution < -0.4 is 10.6 Å². The molecule has 7 heteroatoms. The number of carbonyl (C=O) groups excluding carboxylic acids is 1. The standard InChI is InChI=1S/C13H20N4O3/c1-19-9-13(6-3-7-15-13)8-14-11-5-4-10(16-17-11)12(18)20-2/h4-5,15H,3,6-9H2,1-2H3,(H,14,17). The Morgan fingerprint density at radius 3 is 2.85 bits per heavy atom. The minimum atomic E-state index is -0.489. The van der Waals surface area contributed by atoms with Gasteiger partial charge in [-0.3, -0.25) is 0 Å². The van der Waals surface area contributed by atoms with Crippen LogP contribution in [-0.2, 0) is 9.47 Å². The number of rotatable bonds is 6. The molecule has 0 aliphatic carbocycles. The van der Waals surface area contributed by atoms with E-state index in [0.717, 1.165) is 19.4 Å². The molecule has 20 heavy (non-hydrogen) atoms. The number of aromatic nitrogens is 2. The van der Waals surface area contributed by atoms with Gasteiger partial charge in [-0.05, 0) is 31.5 Å². The van der Waals surface area contributed by atoms with E-state index >= 15 is 0 Å². The summed E-state index contributed by atoms with van der Waals surface area (Å²) in [6.45, 7) is 2.35. The van der Waals surface area contributed by atoms with Crippen LogP contribution in [0.15, 0.2) is 12.1 Å². The number of ether oxygens (including phenoxy) is 2. The Bertz CT molecular complexity index is 443. The van der Waals surface area contributed by atoms with E-state index in [1.54, 1.807) is 19.2 Å². The van der Waals surface area contributed by atoms with Gasteiger partial charge in [0.1, 0.15) is 5.82 Å². The van der Waals surface area contributed by atoms with Gasteiger partial charge in [-0.15, -0.1) is 10.2 Å². The molecule has 1 aromatic heterocycles. The zero-order valence-corrected chi connectivity index (χ0v) is 11.8. The molecule has 7 nitrogen and oxygen atoms in total. The average molecular weight is 280 g/mol. The Balaban J connectivity index is 1.94. The van der Waals surface area contributed by atoms with Gasteiger partial charge in [0, 0.05) is 13.7 Å². The normalized spacial score (nSPS) is 21.7. The molecule has 0 bridgehead atoms. The number of carbonyl (C=O) groups is 1. The highest BCUT2D eigenvalue weighted by Gasteiger charge is 2.33. The van der Waals surface area contributed by atoms with Crippen molar-refractivity contribution >= 4 is 11.8 Å². The Morgan fingerprint density at radius 2 is 2.30 bits per heavy atom. The maximum Gasteiger partial charge on any atom is 0.358 e.